The molecule has 1 saturated carbocycles. The zero-order valence-corrected chi connectivity index (χ0v) is 12.1. The first-order valence-electron chi connectivity index (χ1n) is 6.93. The molecule has 114 valence electrons. The van der Waals surface area contributed by atoms with Gasteiger partial charge >= 0.3 is 11.7 Å². The third-order valence-corrected chi connectivity index (χ3v) is 3.94. The fourth-order valence-electron chi connectivity index (χ4n) is 2.49. The van der Waals surface area contributed by atoms with E-state index in [1.54, 1.807) is 0 Å². The zero-order chi connectivity index (χ0) is 15.6. The van der Waals surface area contributed by atoms with E-state index in [4.69, 9.17) is 4.74 Å². The molecule has 0 amide bonds. The van der Waals surface area contributed by atoms with Crippen LogP contribution in [0.5, 0.6) is 0 Å². The van der Waals surface area contributed by atoms with Crippen LogP contribution in [0.15, 0.2) is 18.2 Å². The summed E-state index contributed by atoms with van der Waals surface area (Å²) in [5.41, 5.74) is -0.445. The third-order valence-electron chi connectivity index (χ3n) is 3.94. The van der Waals surface area contributed by atoms with E-state index in [-0.39, 0.29) is 17.1 Å². The molecule has 0 unspecified atom stereocenters. The minimum absolute atomic E-state index is 0.00735. The summed E-state index contributed by atoms with van der Waals surface area (Å²) in [7, 11) is 0. The number of nitro benzene ring substituents is 1. The van der Waals surface area contributed by atoms with E-state index >= 15 is 0 Å². The van der Waals surface area contributed by atoms with Gasteiger partial charge in [0.2, 0.25) is 5.82 Å². The normalized spacial score (nSPS) is 18.2. The largest absolute Gasteiger partial charge is 0.459 e. The van der Waals surface area contributed by atoms with Crippen LogP contribution in [0.25, 0.3) is 0 Å². The Morgan fingerprint density at radius 1 is 1.38 bits per heavy atom. The summed E-state index contributed by atoms with van der Waals surface area (Å²) < 4.78 is 18.6. The number of halogens is 1. The molecule has 1 aromatic carbocycles. The molecule has 5 nitrogen and oxygen atoms in total. The van der Waals surface area contributed by atoms with Crippen LogP contribution in [0.4, 0.5) is 10.1 Å². The molecule has 0 saturated heterocycles. The average molecular weight is 295 g/mol. The summed E-state index contributed by atoms with van der Waals surface area (Å²) >= 11 is 0. The summed E-state index contributed by atoms with van der Waals surface area (Å²) in [6.45, 7) is 4.35. The molecule has 0 heterocycles. The number of carbonyl (C=O) groups is 1. The standard InChI is InChI=1S/C15H18FNO4/c1-15(2)7-5-11(6-8-15)21-14(18)10-3-4-12(16)13(9-10)17(19)20/h3-4,9,11H,5-8H2,1-2H3. The number of ether oxygens (including phenoxy) is 1. The van der Waals surface area contributed by atoms with Gasteiger partial charge in [-0.2, -0.15) is 4.39 Å². The molecule has 1 aromatic rings. The van der Waals surface area contributed by atoms with E-state index in [0.717, 1.165) is 37.8 Å². The van der Waals surface area contributed by atoms with Gasteiger partial charge < -0.3 is 4.74 Å². The molecule has 2 rings (SSSR count). The number of nitro groups is 1. The molecule has 6 heteroatoms. The van der Waals surface area contributed by atoms with E-state index in [9.17, 15) is 19.3 Å². The molecule has 1 aliphatic rings. The number of carbonyl (C=O) groups excluding carboxylic acids is 1. The molecule has 0 N–H and O–H groups in total. The lowest BCUT2D eigenvalue weighted by Gasteiger charge is -2.33. The minimum atomic E-state index is -0.962. The number of rotatable bonds is 3. The number of benzene rings is 1. The number of esters is 1. The summed E-state index contributed by atoms with van der Waals surface area (Å²) in [4.78, 5) is 21.8. The van der Waals surface area contributed by atoms with Crippen LogP contribution >= 0.6 is 0 Å². The highest BCUT2D eigenvalue weighted by Gasteiger charge is 2.29. The van der Waals surface area contributed by atoms with Crippen LogP contribution in [0.1, 0.15) is 49.9 Å². The smallest absolute Gasteiger partial charge is 0.338 e. The van der Waals surface area contributed by atoms with Crippen molar-refractivity contribution < 1.29 is 18.8 Å². The maximum atomic E-state index is 13.2. The molecule has 0 radical (unpaired) electrons. The number of hydrogen-bond donors (Lipinski definition) is 0. The molecule has 1 fully saturated rings. The topological polar surface area (TPSA) is 69.4 Å². The molecule has 21 heavy (non-hydrogen) atoms. The molecular weight excluding hydrogens is 277 g/mol. The molecule has 0 aromatic heterocycles. The predicted octanol–water partition coefficient (Wildman–Crippen LogP) is 3.86. The first kappa shape index (κ1) is 15.4. The van der Waals surface area contributed by atoms with Crippen LogP contribution in [-0.4, -0.2) is 17.0 Å². The highest BCUT2D eigenvalue weighted by molar-refractivity contribution is 5.90. The first-order chi connectivity index (χ1) is 9.78. The van der Waals surface area contributed by atoms with Gasteiger partial charge in [0, 0.05) is 6.07 Å². The van der Waals surface area contributed by atoms with Crippen molar-refractivity contribution in [3.8, 4) is 0 Å². The second kappa shape index (κ2) is 5.79. The number of hydrogen-bond acceptors (Lipinski definition) is 4. The van der Waals surface area contributed by atoms with Gasteiger partial charge in [-0.1, -0.05) is 13.8 Å². The van der Waals surface area contributed by atoms with Gasteiger partial charge in [-0.15, -0.1) is 0 Å². The maximum Gasteiger partial charge on any atom is 0.338 e. The lowest BCUT2D eigenvalue weighted by molar-refractivity contribution is -0.387. The van der Waals surface area contributed by atoms with E-state index in [2.05, 4.69) is 13.8 Å². The van der Waals surface area contributed by atoms with Crippen molar-refractivity contribution in [2.45, 2.75) is 45.6 Å². The fourth-order valence-corrected chi connectivity index (χ4v) is 2.49. The van der Waals surface area contributed by atoms with Gasteiger partial charge in [0.1, 0.15) is 6.10 Å². The Balaban J connectivity index is 2.04. The van der Waals surface area contributed by atoms with Gasteiger partial charge in [0.05, 0.1) is 10.5 Å². The third kappa shape index (κ3) is 3.77. The Labute approximate surface area is 122 Å². The predicted molar refractivity (Wildman–Crippen MR) is 74.5 cm³/mol. The second-order valence-electron chi connectivity index (χ2n) is 6.19. The Hall–Kier alpha value is -1.98. The summed E-state index contributed by atoms with van der Waals surface area (Å²) in [6.07, 6.45) is 3.32. The highest BCUT2D eigenvalue weighted by atomic mass is 19.1. The van der Waals surface area contributed by atoms with Gasteiger partial charge in [-0.3, -0.25) is 10.1 Å². The SMILES string of the molecule is CC1(C)CCC(OC(=O)c2ccc(F)c([N+](=O)[O-])c2)CC1. The molecule has 0 atom stereocenters. The van der Waals surface area contributed by atoms with Crippen molar-refractivity contribution in [2.24, 2.45) is 5.41 Å². The van der Waals surface area contributed by atoms with Crippen molar-refractivity contribution >= 4 is 11.7 Å². The Morgan fingerprint density at radius 2 is 2.00 bits per heavy atom. The van der Waals surface area contributed by atoms with Gasteiger partial charge in [0.25, 0.3) is 0 Å². The first-order valence-corrected chi connectivity index (χ1v) is 6.93. The summed E-state index contributed by atoms with van der Waals surface area (Å²) in [6, 6.07) is 3.04. The Morgan fingerprint density at radius 3 is 2.57 bits per heavy atom. The van der Waals surface area contributed by atoms with Crippen LogP contribution in [0.2, 0.25) is 0 Å². The molecule has 1 aliphatic carbocycles. The van der Waals surface area contributed by atoms with Crippen molar-refractivity contribution in [1.29, 1.82) is 0 Å². The van der Waals surface area contributed by atoms with Crippen LogP contribution in [0.3, 0.4) is 0 Å². The second-order valence-corrected chi connectivity index (χ2v) is 6.19. The van der Waals surface area contributed by atoms with Gasteiger partial charge in [-0.05, 0) is 43.2 Å². The molecular formula is C15H18FNO4. The van der Waals surface area contributed by atoms with E-state index in [0.29, 0.717) is 0 Å². The van der Waals surface area contributed by atoms with Crippen LogP contribution in [-0.2, 0) is 4.74 Å². The fraction of sp³-hybridized carbons (Fsp3) is 0.533. The van der Waals surface area contributed by atoms with Crippen molar-refractivity contribution in [2.75, 3.05) is 0 Å². The van der Waals surface area contributed by atoms with E-state index < -0.39 is 22.4 Å². The van der Waals surface area contributed by atoms with Crippen molar-refractivity contribution in [1.82, 2.24) is 0 Å². The quantitative estimate of drug-likeness (QED) is 0.482. The van der Waals surface area contributed by atoms with Crippen LogP contribution < -0.4 is 0 Å². The van der Waals surface area contributed by atoms with E-state index in [1.807, 2.05) is 0 Å². The highest BCUT2D eigenvalue weighted by Crippen LogP contribution is 2.36. The minimum Gasteiger partial charge on any atom is -0.459 e. The van der Waals surface area contributed by atoms with Crippen molar-refractivity contribution in [3.63, 3.8) is 0 Å². The Kier molecular flexibility index (Phi) is 4.25. The van der Waals surface area contributed by atoms with Crippen molar-refractivity contribution in [3.05, 3.63) is 39.7 Å². The molecule has 0 bridgehead atoms. The summed E-state index contributed by atoms with van der Waals surface area (Å²) in [5, 5.41) is 10.7. The van der Waals surface area contributed by atoms with Gasteiger partial charge in [-0.25, -0.2) is 4.79 Å². The number of nitrogens with zero attached hydrogens (tertiary/aromatic N) is 1. The molecule has 0 aliphatic heterocycles. The maximum absolute atomic E-state index is 13.2. The lowest BCUT2D eigenvalue weighted by Crippen LogP contribution is -2.28. The van der Waals surface area contributed by atoms with E-state index in [1.165, 1.54) is 6.07 Å². The Bertz CT molecular complexity index is 561. The van der Waals surface area contributed by atoms with Crippen LogP contribution in [0, 0.1) is 21.3 Å². The average Bonchev–Trinajstić information content (AvgIpc) is 2.41. The molecule has 0 spiro atoms. The monoisotopic (exact) mass is 295 g/mol. The zero-order valence-electron chi connectivity index (χ0n) is 12.1. The summed E-state index contributed by atoms with van der Waals surface area (Å²) in [5.74, 6) is -1.60. The van der Waals surface area contributed by atoms with Gasteiger partial charge in [0.15, 0.2) is 0 Å². The lowest BCUT2D eigenvalue weighted by atomic mass is 9.76.